The highest BCUT2D eigenvalue weighted by Gasteiger charge is 2.16. The summed E-state index contributed by atoms with van der Waals surface area (Å²) in [7, 11) is -3.86. The first kappa shape index (κ1) is 14.5. The van der Waals surface area contributed by atoms with Crippen LogP contribution in [0.3, 0.4) is 0 Å². The number of nitrogens with two attached hydrogens (primary N) is 2. The van der Waals surface area contributed by atoms with E-state index in [1.807, 2.05) is 6.07 Å². The van der Waals surface area contributed by atoms with Crippen LogP contribution < -0.4 is 15.6 Å². The fourth-order valence-electron chi connectivity index (χ4n) is 1.80. The van der Waals surface area contributed by atoms with Crippen molar-refractivity contribution < 1.29 is 13.2 Å². The highest BCUT2D eigenvalue weighted by Crippen LogP contribution is 2.29. The van der Waals surface area contributed by atoms with Gasteiger partial charge in [-0.05, 0) is 42.8 Å². The number of primary sulfonamides is 1. The second-order valence-electron chi connectivity index (χ2n) is 4.28. The zero-order valence-corrected chi connectivity index (χ0v) is 11.6. The molecule has 0 heterocycles. The van der Waals surface area contributed by atoms with Gasteiger partial charge < -0.3 is 10.5 Å². The summed E-state index contributed by atoms with van der Waals surface area (Å²) in [4.78, 5) is -0.0349. The maximum Gasteiger partial charge on any atom is 0.241 e. The van der Waals surface area contributed by atoms with Crippen LogP contribution in [0.1, 0.15) is 5.56 Å². The molecule has 0 amide bonds. The van der Waals surface area contributed by atoms with Crippen LogP contribution in [0.2, 0.25) is 0 Å². The Morgan fingerprint density at radius 3 is 2.35 bits per heavy atom. The Labute approximate surface area is 118 Å². The van der Waals surface area contributed by atoms with Gasteiger partial charge in [-0.2, -0.15) is 0 Å². The maximum absolute atomic E-state index is 11.7. The Morgan fingerprint density at radius 2 is 1.75 bits per heavy atom. The molecule has 20 heavy (non-hydrogen) atoms. The molecule has 0 bridgehead atoms. The van der Waals surface area contributed by atoms with Crippen LogP contribution in [-0.2, 0) is 16.4 Å². The minimum atomic E-state index is -3.86. The first-order valence-electron chi connectivity index (χ1n) is 6.09. The standard InChI is InChI=1S/C14H16N2O3S/c15-9-8-11-6-7-13(14(10-11)20(16,17)18)19-12-4-2-1-3-5-12/h1-7,10H,8-9,15H2,(H2,16,17,18). The van der Waals surface area contributed by atoms with E-state index in [9.17, 15) is 8.42 Å². The van der Waals surface area contributed by atoms with E-state index >= 15 is 0 Å². The minimum absolute atomic E-state index is 0.0349. The van der Waals surface area contributed by atoms with Crippen molar-refractivity contribution in [1.29, 1.82) is 0 Å². The van der Waals surface area contributed by atoms with Crippen molar-refractivity contribution in [3.8, 4) is 11.5 Å². The number of benzene rings is 2. The van der Waals surface area contributed by atoms with E-state index in [4.69, 9.17) is 15.6 Å². The molecule has 0 fully saturated rings. The molecule has 0 saturated heterocycles. The van der Waals surface area contributed by atoms with E-state index in [-0.39, 0.29) is 10.6 Å². The van der Waals surface area contributed by atoms with E-state index in [2.05, 4.69) is 0 Å². The zero-order valence-electron chi connectivity index (χ0n) is 10.8. The van der Waals surface area contributed by atoms with Gasteiger partial charge in [0.2, 0.25) is 10.0 Å². The molecule has 4 N–H and O–H groups in total. The summed E-state index contributed by atoms with van der Waals surface area (Å²) < 4.78 is 28.9. The highest BCUT2D eigenvalue weighted by molar-refractivity contribution is 7.89. The summed E-state index contributed by atoms with van der Waals surface area (Å²) in [5.41, 5.74) is 6.27. The van der Waals surface area contributed by atoms with Crippen molar-refractivity contribution in [3.63, 3.8) is 0 Å². The Morgan fingerprint density at radius 1 is 1.05 bits per heavy atom. The Balaban J connectivity index is 2.42. The smallest absolute Gasteiger partial charge is 0.241 e. The molecule has 0 aliphatic heterocycles. The van der Waals surface area contributed by atoms with Crippen LogP contribution in [0.4, 0.5) is 0 Å². The summed E-state index contributed by atoms with van der Waals surface area (Å²) in [5, 5.41) is 5.24. The molecule has 106 valence electrons. The number of ether oxygens (including phenoxy) is 1. The molecule has 6 heteroatoms. The monoisotopic (exact) mass is 292 g/mol. The molecule has 0 atom stereocenters. The summed E-state index contributed by atoms with van der Waals surface area (Å²) >= 11 is 0. The number of hydrogen-bond donors (Lipinski definition) is 2. The molecule has 2 aromatic rings. The predicted octanol–water partition coefficient (Wildman–Crippen LogP) is 1.63. The second-order valence-corrected chi connectivity index (χ2v) is 5.81. The van der Waals surface area contributed by atoms with Crippen LogP contribution in [0.15, 0.2) is 53.4 Å². The summed E-state index contributed by atoms with van der Waals surface area (Å²) in [6.45, 7) is 0.433. The maximum atomic E-state index is 11.7. The first-order valence-corrected chi connectivity index (χ1v) is 7.64. The third-order valence-corrected chi connectivity index (χ3v) is 3.65. The summed E-state index contributed by atoms with van der Waals surface area (Å²) in [6, 6.07) is 13.8. The lowest BCUT2D eigenvalue weighted by atomic mass is 10.1. The van der Waals surface area contributed by atoms with Gasteiger partial charge in [0.15, 0.2) is 0 Å². The van der Waals surface area contributed by atoms with Crippen molar-refractivity contribution in [1.82, 2.24) is 0 Å². The van der Waals surface area contributed by atoms with Crippen molar-refractivity contribution in [3.05, 3.63) is 54.1 Å². The highest BCUT2D eigenvalue weighted by atomic mass is 32.2. The molecular weight excluding hydrogens is 276 g/mol. The topological polar surface area (TPSA) is 95.4 Å². The van der Waals surface area contributed by atoms with Gasteiger partial charge in [0, 0.05) is 0 Å². The third kappa shape index (κ3) is 3.57. The summed E-state index contributed by atoms with van der Waals surface area (Å²) in [6.07, 6.45) is 0.578. The Hall–Kier alpha value is -1.89. The van der Waals surface area contributed by atoms with Crippen molar-refractivity contribution in [2.45, 2.75) is 11.3 Å². The van der Waals surface area contributed by atoms with Gasteiger partial charge in [0.25, 0.3) is 0 Å². The van der Waals surface area contributed by atoms with Gasteiger partial charge in [-0.25, -0.2) is 13.6 Å². The first-order chi connectivity index (χ1) is 9.50. The van der Waals surface area contributed by atoms with Gasteiger partial charge in [-0.1, -0.05) is 24.3 Å². The molecule has 0 aromatic heterocycles. The van der Waals surface area contributed by atoms with Crippen LogP contribution in [0.5, 0.6) is 11.5 Å². The minimum Gasteiger partial charge on any atom is -0.456 e. The number of hydrogen-bond acceptors (Lipinski definition) is 4. The lowest BCUT2D eigenvalue weighted by Gasteiger charge is -2.11. The molecule has 0 radical (unpaired) electrons. The average Bonchev–Trinajstić information content (AvgIpc) is 2.41. The van der Waals surface area contributed by atoms with Crippen LogP contribution >= 0.6 is 0 Å². The van der Waals surface area contributed by atoms with Crippen molar-refractivity contribution in [2.75, 3.05) is 6.54 Å². The lowest BCUT2D eigenvalue weighted by Crippen LogP contribution is -2.14. The second kappa shape index (κ2) is 6.04. The van der Waals surface area contributed by atoms with Crippen molar-refractivity contribution in [2.24, 2.45) is 10.9 Å². The molecule has 2 rings (SSSR count). The molecule has 0 saturated carbocycles. The van der Waals surface area contributed by atoms with Gasteiger partial charge in [0.05, 0.1) is 0 Å². The molecule has 5 nitrogen and oxygen atoms in total. The molecule has 0 unspecified atom stereocenters. The summed E-state index contributed by atoms with van der Waals surface area (Å²) in [5.74, 6) is 0.753. The largest absolute Gasteiger partial charge is 0.456 e. The van der Waals surface area contributed by atoms with Crippen LogP contribution in [-0.4, -0.2) is 15.0 Å². The van der Waals surface area contributed by atoms with E-state index in [0.717, 1.165) is 5.56 Å². The van der Waals surface area contributed by atoms with Gasteiger partial charge >= 0.3 is 0 Å². The fraction of sp³-hybridized carbons (Fsp3) is 0.143. The molecule has 0 aliphatic rings. The lowest BCUT2D eigenvalue weighted by molar-refractivity contribution is 0.467. The van der Waals surface area contributed by atoms with E-state index < -0.39 is 10.0 Å². The van der Waals surface area contributed by atoms with Crippen LogP contribution in [0, 0.1) is 0 Å². The number of para-hydroxylation sites is 1. The van der Waals surface area contributed by atoms with Crippen LogP contribution in [0.25, 0.3) is 0 Å². The number of sulfonamides is 1. The molecule has 0 spiro atoms. The SMILES string of the molecule is NCCc1ccc(Oc2ccccc2)c(S(N)(=O)=O)c1. The average molecular weight is 292 g/mol. The van der Waals surface area contributed by atoms with E-state index in [1.54, 1.807) is 36.4 Å². The van der Waals surface area contributed by atoms with E-state index in [0.29, 0.717) is 18.7 Å². The normalized spacial score (nSPS) is 11.3. The Kier molecular flexibility index (Phi) is 4.39. The molecular formula is C14H16N2O3S. The Bertz CT molecular complexity index is 685. The van der Waals surface area contributed by atoms with Gasteiger partial charge in [-0.15, -0.1) is 0 Å². The number of rotatable bonds is 5. The fourth-order valence-corrected chi connectivity index (χ4v) is 2.50. The van der Waals surface area contributed by atoms with Gasteiger partial charge in [0.1, 0.15) is 16.4 Å². The quantitative estimate of drug-likeness (QED) is 0.875. The van der Waals surface area contributed by atoms with Crippen molar-refractivity contribution >= 4 is 10.0 Å². The third-order valence-electron chi connectivity index (χ3n) is 2.72. The zero-order chi connectivity index (χ0) is 14.6. The molecule has 2 aromatic carbocycles. The predicted molar refractivity (Wildman–Crippen MR) is 77.1 cm³/mol. The van der Waals surface area contributed by atoms with Gasteiger partial charge in [-0.3, -0.25) is 0 Å². The van der Waals surface area contributed by atoms with E-state index in [1.165, 1.54) is 6.07 Å². The molecule has 0 aliphatic carbocycles.